The zero-order valence-corrected chi connectivity index (χ0v) is 17.1. The molecule has 0 spiro atoms. The smallest absolute Gasteiger partial charge is 0.261 e. The molecular formula is C23H20N4O4. The molecule has 0 unspecified atom stereocenters. The number of carbonyl (C=O) groups is 4. The average Bonchev–Trinajstić information content (AvgIpc) is 3.28. The second-order valence-electron chi connectivity index (χ2n) is 7.38. The largest absolute Gasteiger partial charge is 0.331 e. The summed E-state index contributed by atoms with van der Waals surface area (Å²) in [5, 5.41) is 2.72. The van der Waals surface area contributed by atoms with Gasteiger partial charge in [-0.25, -0.2) is 4.98 Å². The molecule has 2 heterocycles. The molecule has 2 aromatic carbocycles. The summed E-state index contributed by atoms with van der Waals surface area (Å²) in [6.45, 7) is 1.84. The molecule has 1 aliphatic heterocycles. The van der Waals surface area contributed by atoms with Crippen LogP contribution in [0.2, 0.25) is 0 Å². The van der Waals surface area contributed by atoms with Crippen molar-refractivity contribution in [3.05, 3.63) is 82.9 Å². The highest BCUT2D eigenvalue weighted by Gasteiger charge is 2.35. The summed E-state index contributed by atoms with van der Waals surface area (Å²) in [6, 6.07) is 11.6. The molecule has 0 bridgehead atoms. The molecule has 3 amide bonds. The lowest BCUT2D eigenvalue weighted by Crippen LogP contribution is -2.32. The van der Waals surface area contributed by atoms with Gasteiger partial charge in [-0.3, -0.25) is 24.1 Å². The van der Waals surface area contributed by atoms with Crippen molar-refractivity contribution >= 4 is 29.2 Å². The van der Waals surface area contributed by atoms with Gasteiger partial charge in [0.05, 0.1) is 11.1 Å². The van der Waals surface area contributed by atoms with Gasteiger partial charge in [0.2, 0.25) is 11.7 Å². The fraction of sp³-hybridized carbons (Fsp3) is 0.174. The zero-order valence-electron chi connectivity index (χ0n) is 17.1. The Kier molecular flexibility index (Phi) is 5.21. The molecule has 0 atom stereocenters. The molecule has 156 valence electrons. The summed E-state index contributed by atoms with van der Waals surface area (Å²) in [7, 11) is 1.74. The fourth-order valence-electron chi connectivity index (χ4n) is 3.46. The van der Waals surface area contributed by atoms with Crippen LogP contribution >= 0.6 is 0 Å². The first-order valence-electron chi connectivity index (χ1n) is 9.74. The molecule has 0 saturated heterocycles. The molecule has 0 saturated carbocycles. The number of nitrogens with zero attached hydrogens (tertiary/aromatic N) is 3. The number of anilines is 1. The van der Waals surface area contributed by atoms with Crippen LogP contribution in [-0.2, 0) is 11.8 Å². The van der Waals surface area contributed by atoms with Crippen molar-refractivity contribution in [2.75, 3.05) is 11.9 Å². The van der Waals surface area contributed by atoms with Crippen molar-refractivity contribution in [1.29, 1.82) is 0 Å². The summed E-state index contributed by atoms with van der Waals surface area (Å²) in [5.41, 5.74) is 2.60. The summed E-state index contributed by atoms with van der Waals surface area (Å²) in [4.78, 5) is 54.8. The van der Waals surface area contributed by atoms with Crippen LogP contribution < -0.4 is 5.32 Å². The van der Waals surface area contributed by atoms with Gasteiger partial charge >= 0.3 is 0 Å². The third-order valence-electron chi connectivity index (χ3n) is 5.14. The number of hydrogen-bond acceptors (Lipinski definition) is 5. The number of benzene rings is 2. The number of hydrogen-bond donors (Lipinski definition) is 1. The van der Waals surface area contributed by atoms with E-state index in [0.717, 1.165) is 10.5 Å². The number of ketones is 1. The molecule has 0 radical (unpaired) electrons. The van der Waals surface area contributed by atoms with Gasteiger partial charge in [-0.1, -0.05) is 11.6 Å². The van der Waals surface area contributed by atoms with Crippen LogP contribution in [0.25, 0.3) is 0 Å². The molecular weight excluding hydrogens is 396 g/mol. The molecule has 8 heteroatoms. The number of aromatic nitrogens is 2. The summed E-state index contributed by atoms with van der Waals surface area (Å²) in [5.74, 6) is -0.992. The lowest BCUT2D eigenvalue weighted by atomic mass is 10.1. The Morgan fingerprint density at radius 2 is 1.71 bits per heavy atom. The molecule has 4 rings (SSSR count). The Hall–Kier alpha value is -4.07. The van der Waals surface area contributed by atoms with E-state index in [2.05, 4.69) is 10.3 Å². The van der Waals surface area contributed by atoms with Crippen LogP contribution in [0.3, 0.4) is 0 Å². The number of rotatable bonds is 6. The SMILES string of the molecule is Cc1ccc2c(c1)C(=O)N(CCC(=O)Nc1ccc(C(=O)c3nccn3C)cc1)C2=O. The van der Waals surface area contributed by atoms with Crippen molar-refractivity contribution in [2.45, 2.75) is 13.3 Å². The lowest BCUT2D eigenvalue weighted by Gasteiger charge is -2.13. The van der Waals surface area contributed by atoms with E-state index in [9.17, 15) is 19.2 Å². The Morgan fingerprint density at radius 1 is 1.00 bits per heavy atom. The minimum atomic E-state index is -0.384. The first kappa shape index (κ1) is 20.2. The van der Waals surface area contributed by atoms with Crippen LogP contribution in [0.5, 0.6) is 0 Å². The maximum Gasteiger partial charge on any atom is 0.261 e. The van der Waals surface area contributed by atoms with Crippen molar-refractivity contribution in [2.24, 2.45) is 7.05 Å². The molecule has 0 aliphatic carbocycles. The molecule has 3 aromatic rings. The molecule has 8 nitrogen and oxygen atoms in total. The third-order valence-corrected chi connectivity index (χ3v) is 5.14. The van der Waals surface area contributed by atoms with E-state index in [-0.39, 0.29) is 36.5 Å². The number of nitrogens with one attached hydrogen (secondary N) is 1. The van der Waals surface area contributed by atoms with Gasteiger partial charge in [0, 0.05) is 43.7 Å². The van der Waals surface area contributed by atoms with Gasteiger partial charge in [0.1, 0.15) is 0 Å². The zero-order chi connectivity index (χ0) is 22.1. The van der Waals surface area contributed by atoms with Gasteiger partial charge in [-0.15, -0.1) is 0 Å². The maximum absolute atomic E-state index is 12.5. The number of aryl methyl sites for hydroxylation is 2. The van der Waals surface area contributed by atoms with Crippen molar-refractivity contribution in [3.8, 4) is 0 Å². The number of fused-ring (bicyclic) bond motifs is 1. The molecule has 31 heavy (non-hydrogen) atoms. The van der Waals surface area contributed by atoms with Crippen molar-refractivity contribution in [1.82, 2.24) is 14.5 Å². The van der Waals surface area contributed by atoms with Crippen LogP contribution in [0.4, 0.5) is 5.69 Å². The Labute approximate surface area is 178 Å². The van der Waals surface area contributed by atoms with Gasteiger partial charge in [-0.05, 0) is 43.3 Å². The lowest BCUT2D eigenvalue weighted by molar-refractivity contribution is -0.116. The fourth-order valence-corrected chi connectivity index (χ4v) is 3.46. The van der Waals surface area contributed by atoms with Gasteiger partial charge in [-0.2, -0.15) is 0 Å². The third kappa shape index (κ3) is 3.87. The summed E-state index contributed by atoms with van der Waals surface area (Å²) < 4.78 is 1.64. The first-order chi connectivity index (χ1) is 14.8. The topological polar surface area (TPSA) is 101 Å². The average molecular weight is 416 g/mol. The van der Waals surface area contributed by atoms with Crippen LogP contribution in [-0.4, -0.2) is 44.5 Å². The quantitative estimate of drug-likeness (QED) is 0.492. The van der Waals surface area contributed by atoms with Crippen molar-refractivity contribution < 1.29 is 19.2 Å². The second kappa shape index (κ2) is 7.98. The highest BCUT2D eigenvalue weighted by Crippen LogP contribution is 2.24. The van der Waals surface area contributed by atoms with E-state index in [1.165, 1.54) is 0 Å². The van der Waals surface area contributed by atoms with Crippen LogP contribution in [0, 0.1) is 6.92 Å². The van der Waals surface area contributed by atoms with E-state index in [0.29, 0.717) is 28.2 Å². The highest BCUT2D eigenvalue weighted by atomic mass is 16.2. The highest BCUT2D eigenvalue weighted by molar-refractivity contribution is 6.21. The minimum absolute atomic E-state index is 0.00699. The molecule has 0 fully saturated rings. The molecule has 1 aromatic heterocycles. The summed E-state index contributed by atoms with van der Waals surface area (Å²) in [6.07, 6.45) is 3.22. The predicted octanol–water partition coefficient (Wildman–Crippen LogP) is 2.58. The monoisotopic (exact) mass is 416 g/mol. The Bertz CT molecular complexity index is 1210. The van der Waals surface area contributed by atoms with E-state index in [1.807, 2.05) is 6.92 Å². The number of amides is 3. The van der Waals surface area contributed by atoms with Crippen LogP contribution in [0.15, 0.2) is 54.9 Å². The van der Waals surface area contributed by atoms with Gasteiger partial charge < -0.3 is 9.88 Å². The first-order valence-corrected chi connectivity index (χ1v) is 9.74. The van der Waals surface area contributed by atoms with Gasteiger partial charge in [0.25, 0.3) is 11.8 Å². The Morgan fingerprint density at radius 3 is 2.39 bits per heavy atom. The van der Waals surface area contributed by atoms with E-state index < -0.39 is 0 Å². The summed E-state index contributed by atoms with van der Waals surface area (Å²) >= 11 is 0. The minimum Gasteiger partial charge on any atom is -0.331 e. The number of imidazole rings is 1. The number of imide groups is 1. The van der Waals surface area contributed by atoms with E-state index >= 15 is 0 Å². The molecule has 1 aliphatic rings. The van der Waals surface area contributed by atoms with E-state index in [1.54, 1.807) is 66.5 Å². The van der Waals surface area contributed by atoms with E-state index in [4.69, 9.17) is 0 Å². The predicted molar refractivity (Wildman–Crippen MR) is 113 cm³/mol. The Balaban J connectivity index is 1.35. The normalized spacial score (nSPS) is 12.8. The second-order valence-corrected chi connectivity index (χ2v) is 7.38. The van der Waals surface area contributed by atoms with Crippen LogP contribution in [0.1, 0.15) is 48.9 Å². The van der Waals surface area contributed by atoms with Gasteiger partial charge in [0.15, 0.2) is 5.82 Å². The molecule has 1 N–H and O–H groups in total. The van der Waals surface area contributed by atoms with Crippen molar-refractivity contribution in [3.63, 3.8) is 0 Å². The maximum atomic E-state index is 12.5. The standard InChI is InChI=1S/C23H20N4O4/c1-14-3-8-17-18(13-14)23(31)27(22(17)30)11-9-19(28)25-16-6-4-15(5-7-16)20(29)21-24-10-12-26(21)2/h3-8,10,12-13H,9,11H2,1-2H3,(H,25,28). The number of carbonyl (C=O) groups excluding carboxylic acids is 4.